The highest BCUT2D eigenvalue weighted by molar-refractivity contribution is 5.28. The molecule has 2 unspecified atom stereocenters. The van der Waals surface area contributed by atoms with Gasteiger partial charge in [-0.2, -0.15) is 0 Å². The van der Waals surface area contributed by atoms with Gasteiger partial charge in [-0.05, 0) is 26.3 Å². The maximum atomic E-state index is 5.86. The predicted molar refractivity (Wildman–Crippen MR) is 77.2 cm³/mol. The lowest BCUT2D eigenvalue weighted by molar-refractivity contribution is 0.0346. The summed E-state index contributed by atoms with van der Waals surface area (Å²) in [6.45, 7) is 10.5. The Kier molecular flexibility index (Phi) is 3.16. The van der Waals surface area contributed by atoms with E-state index < -0.39 is 0 Å². The van der Waals surface area contributed by atoms with E-state index in [0.717, 1.165) is 26.4 Å². The molecular weight excluding hydrogens is 236 g/mol. The summed E-state index contributed by atoms with van der Waals surface area (Å²) in [7, 11) is 0. The summed E-state index contributed by atoms with van der Waals surface area (Å²) < 4.78 is 5.86. The summed E-state index contributed by atoms with van der Waals surface area (Å²) >= 11 is 0. The van der Waals surface area contributed by atoms with Crippen molar-refractivity contribution in [3.63, 3.8) is 0 Å². The van der Waals surface area contributed by atoms with Gasteiger partial charge in [0.15, 0.2) is 0 Å². The minimum Gasteiger partial charge on any atom is -0.364 e. The fourth-order valence-corrected chi connectivity index (χ4v) is 3.68. The fourth-order valence-electron chi connectivity index (χ4n) is 3.68. The summed E-state index contributed by atoms with van der Waals surface area (Å²) in [5.41, 5.74) is 1.67. The van der Waals surface area contributed by atoms with Crippen LogP contribution in [0.5, 0.6) is 0 Å². The van der Waals surface area contributed by atoms with Crippen molar-refractivity contribution in [2.45, 2.75) is 37.8 Å². The van der Waals surface area contributed by atoms with Gasteiger partial charge in [0.05, 0.1) is 12.1 Å². The van der Waals surface area contributed by atoms with Crippen molar-refractivity contribution in [2.24, 2.45) is 0 Å². The van der Waals surface area contributed by atoms with Crippen LogP contribution in [0, 0.1) is 0 Å². The van der Waals surface area contributed by atoms with Gasteiger partial charge in [0, 0.05) is 24.5 Å². The lowest BCUT2D eigenvalue weighted by Crippen LogP contribution is -2.58. The molecule has 0 bridgehead atoms. The SMILES string of the molecule is CC(C)(C)N1COCC12CNCC2c1ccccc1. The molecule has 1 N–H and O–H groups in total. The minimum absolute atomic E-state index is 0.111. The zero-order valence-electron chi connectivity index (χ0n) is 12.1. The molecule has 0 aliphatic carbocycles. The first-order valence-corrected chi connectivity index (χ1v) is 7.15. The molecule has 0 aromatic heterocycles. The molecular formula is C16H24N2O. The van der Waals surface area contributed by atoms with Crippen molar-refractivity contribution in [1.29, 1.82) is 0 Å². The number of benzene rings is 1. The van der Waals surface area contributed by atoms with Gasteiger partial charge in [-0.25, -0.2) is 0 Å². The second-order valence-electron chi connectivity index (χ2n) is 6.77. The first-order valence-electron chi connectivity index (χ1n) is 7.15. The zero-order valence-corrected chi connectivity index (χ0v) is 12.1. The van der Waals surface area contributed by atoms with Gasteiger partial charge < -0.3 is 10.1 Å². The van der Waals surface area contributed by atoms with Crippen LogP contribution in [-0.4, -0.2) is 42.4 Å². The van der Waals surface area contributed by atoms with Crippen molar-refractivity contribution in [2.75, 3.05) is 26.4 Å². The highest BCUT2D eigenvalue weighted by Gasteiger charge is 2.54. The van der Waals surface area contributed by atoms with E-state index in [4.69, 9.17) is 4.74 Å². The smallest absolute Gasteiger partial charge is 0.100 e. The predicted octanol–water partition coefficient (Wildman–Crippen LogP) is 2.20. The fraction of sp³-hybridized carbons (Fsp3) is 0.625. The number of rotatable bonds is 1. The Morgan fingerprint density at radius 3 is 2.68 bits per heavy atom. The Bertz CT molecular complexity index is 436. The Morgan fingerprint density at radius 1 is 1.26 bits per heavy atom. The molecule has 2 aliphatic heterocycles. The Hall–Kier alpha value is -0.900. The maximum Gasteiger partial charge on any atom is 0.100 e. The van der Waals surface area contributed by atoms with Crippen LogP contribution in [0.25, 0.3) is 0 Å². The largest absolute Gasteiger partial charge is 0.364 e. The lowest BCUT2D eigenvalue weighted by Gasteiger charge is -2.45. The molecule has 1 aromatic rings. The third-order valence-electron chi connectivity index (χ3n) is 4.55. The second kappa shape index (κ2) is 4.58. The molecule has 2 atom stereocenters. The molecule has 0 amide bonds. The van der Waals surface area contributed by atoms with E-state index in [2.05, 4.69) is 61.3 Å². The van der Waals surface area contributed by atoms with Gasteiger partial charge in [0.25, 0.3) is 0 Å². The second-order valence-corrected chi connectivity index (χ2v) is 6.77. The lowest BCUT2D eigenvalue weighted by atomic mass is 9.79. The van der Waals surface area contributed by atoms with Crippen molar-refractivity contribution in [3.05, 3.63) is 35.9 Å². The van der Waals surface area contributed by atoms with Gasteiger partial charge >= 0.3 is 0 Å². The van der Waals surface area contributed by atoms with Crippen LogP contribution >= 0.6 is 0 Å². The van der Waals surface area contributed by atoms with Crippen LogP contribution in [0.2, 0.25) is 0 Å². The Balaban J connectivity index is 1.98. The molecule has 0 radical (unpaired) electrons. The molecule has 1 spiro atoms. The van der Waals surface area contributed by atoms with E-state index in [1.165, 1.54) is 5.56 Å². The van der Waals surface area contributed by atoms with Crippen LogP contribution in [0.4, 0.5) is 0 Å². The highest BCUT2D eigenvalue weighted by atomic mass is 16.5. The molecule has 0 saturated carbocycles. The van der Waals surface area contributed by atoms with Crippen LogP contribution in [0.1, 0.15) is 32.3 Å². The van der Waals surface area contributed by atoms with E-state index in [0.29, 0.717) is 5.92 Å². The van der Waals surface area contributed by atoms with Gasteiger partial charge in [0.2, 0.25) is 0 Å². The van der Waals surface area contributed by atoms with E-state index in [1.807, 2.05) is 0 Å². The normalized spacial score (nSPS) is 32.3. The summed E-state index contributed by atoms with van der Waals surface area (Å²) in [6, 6.07) is 10.9. The number of nitrogens with one attached hydrogen (secondary N) is 1. The third kappa shape index (κ3) is 2.10. The molecule has 2 aliphatic rings. The first-order chi connectivity index (χ1) is 9.04. The van der Waals surface area contributed by atoms with Gasteiger partial charge in [-0.3, -0.25) is 4.90 Å². The van der Waals surface area contributed by atoms with Crippen molar-refractivity contribution in [3.8, 4) is 0 Å². The van der Waals surface area contributed by atoms with Crippen LogP contribution in [0.3, 0.4) is 0 Å². The Morgan fingerprint density at radius 2 is 2.00 bits per heavy atom. The molecule has 19 heavy (non-hydrogen) atoms. The number of nitrogens with zero attached hydrogens (tertiary/aromatic N) is 1. The van der Waals surface area contributed by atoms with Crippen molar-refractivity contribution >= 4 is 0 Å². The average Bonchev–Trinajstić information content (AvgIpc) is 2.98. The van der Waals surface area contributed by atoms with Crippen molar-refractivity contribution < 1.29 is 4.74 Å². The molecule has 104 valence electrons. The van der Waals surface area contributed by atoms with E-state index in [1.54, 1.807) is 0 Å². The average molecular weight is 260 g/mol. The highest BCUT2D eigenvalue weighted by Crippen LogP contribution is 2.43. The standard InChI is InChI=1S/C16H24N2O/c1-15(2,3)18-12-19-11-16(18)10-17-9-14(16)13-7-5-4-6-8-13/h4-8,14,17H,9-12H2,1-3H3. The summed E-state index contributed by atoms with van der Waals surface area (Å²) in [5.74, 6) is 0.510. The van der Waals surface area contributed by atoms with E-state index in [9.17, 15) is 0 Å². The first kappa shape index (κ1) is 13.1. The molecule has 2 saturated heterocycles. The summed E-state index contributed by atoms with van der Waals surface area (Å²) in [5, 5.41) is 3.58. The molecule has 2 fully saturated rings. The van der Waals surface area contributed by atoms with Gasteiger partial charge in [-0.15, -0.1) is 0 Å². The number of hydrogen-bond donors (Lipinski definition) is 1. The number of ether oxygens (including phenoxy) is 1. The number of hydrogen-bond acceptors (Lipinski definition) is 3. The Labute approximate surface area is 115 Å². The van der Waals surface area contributed by atoms with Gasteiger partial charge in [0.1, 0.15) is 6.73 Å². The van der Waals surface area contributed by atoms with E-state index >= 15 is 0 Å². The topological polar surface area (TPSA) is 24.5 Å². The maximum absolute atomic E-state index is 5.86. The minimum atomic E-state index is 0.111. The monoisotopic (exact) mass is 260 g/mol. The van der Waals surface area contributed by atoms with Crippen LogP contribution in [0.15, 0.2) is 30.3 Å². The van der Waals surface area contributed by atoms with Gasteiger partial charge in [-0.1, -0.05) is 30.3 Å². The van der Waals surface area contributed by atoms with E-state index in [-0.39, 0.29) is 11.1 Å². The quantitative estimate of drug-likeness (QED) is 0.838. The summed E-state index contributed by atoms with van der Waals surface area (Å²) in [4.78, 5) is 2.54. The molecule has 1 aromatic carbocycles. The molecule has 3 rings (SSSR count). The third-order valence-corrected chi connectivity index (χ3v) is 4.55. The van der Waals surface area contributed by atoms with Crippen LogP contribution in [-0.2, 0) is 4.74 Å². The zero-order chi connectivity index (χ0) is 13.5. The summed E-state index contributed by atoms with van der Waals surface area (Å²) in [6.07, 6.45) is 0. The molecule has 3 nitrogen and oxygen atoms in total. The van der Waals surface area contributed by atoms with Crippen molar-refractivity contribution in [1.82, 2.24) is 10.2 Å². The molecule has 3 heteroatoms. The molecule has 2 heterocycles. The van der Waals surface area contributed by atoms with Crippen LogP contribution < -0.4 is 5.32 Å².